The van der Waals surface area contributed by atoms with Gasteiger partial charge in [-0.15, -0.1) is 0 Å². The van der Waals surface area contributed by atoms with Crippen molar-refractivity contribution in [3.63, 3.8) is 0 Å². The molecule has 0 N–H and O–H groups in total. The molecule has 0 aliphatic heterocycles. The molecule has 0 amide bonds. The molecule has 0 unspecified atom stereocenters. The molecule has 0 heterocycles. The van der Waals surface area contributed by atoms with Gasteiger partial charge in [0, 0.05) is 5.56 Å². The molecule has 2 aromatic rings. The Balaban J connectivity index is 2.19. The minimum Gasteiger partial charge on any atom is -0.497 e. The maximum absolute atomic E-state index is 11.7. The zero-order valence-corrected chi connectivity index (χ0v) is 12.4. The van der Waals surface area contributed by atoms with E-state index in [0.717, 1.165) is 11.3 Å². The molecule has 0 spiro atoms. The van der Waals surface area contributed by atoms with Gasteiger partial charge in [-0.25, -0.2) is 4.79 Å². The van der Waals surface area contributed by atoms with E-state index < -0.39 is 5.97 Å². The molecule has 0 atom stereocenters. The van der Waals surface area contributed by atoms with Crippen molar-refractivity contribution in [2.75, 3.05) is 14.2 Å². The summed E-state index contributed by atoms with van der Waals surface area (Å²) in [4.78, 5) is 22.6. The second kappa shape index (κ2) is 7.26. The van der Waals surface area contributed by atoms with Gasteiger partial charge in [0.05, 0.1) is 14.2 Å². The average Bonchev–Trinajstić information content (AvgIpc) is 2.59. The molecule has 0 fully saturated rings. The second-order valence-electron chi connectivity index (χ2n) is 4.50. The van der Waals surface area contributed by atoms with Crippen molar-refractivity contribution < 1.29 is 23.8 Å². The molecule has 2 rings (SSSR count). The van der Waals surface area contributed by atoms with Crippen LogP contribution in [0.4, 0.5) is 0 Å². The predicted molar refractivity (Wildman–Crippen MR) is 80.5 cm³/mol. The molecule has 0 bridgehead atoms. The first-order chi connectivity index (χ1) is 10.7. The van der Waals surface area contributed by atoms with Gasteiger partial charge in [-0.2, -0.15) is 0 Å². The summed E-state index contributed by atoms with van der Waals surface area (Å²) in [6.07, 6.45) is 0.696. The lowest BCUT2D eigenvalue weighted by Crippen LogP contribution is -2.06. The van der Waals surface area contributed by atoms with E-state index in [2.05, 4.69) is 0 Å². The third-order valence-corrected chi connectivity index (χ3v) is 3.10. The Hall–Kier alpha value is -2.82. The molecule has 0 aliphatic rings. The standard InChI is InChI=1S/C17H16O5/c1-20-14-6-3-12(4-7-14)11-22-16-9-13(10-18)5-8-15(16)17(19)21-2/h3-10H,11H2,1-2H3. The lowest BCUT2D eigenvalue weighted by molar-refractivity contribution is 0.0595. The molecular formula is C17H16O5. The highest BCUT2D eigenvalue weighted by atomic mass is 16.5. The summed E-state index contributed by atoms with van der Waals surface area (Å²) in [5.41, 5.74) is 1.62. The van der Waals surface area contributed by atoms with Crippen LogP contribution in [0.15, 0.2) is 42.5 Å². The minimum atomic E-state index is -0.512. The lowest BCUT2D eigenvalue weighted by atomic mass is 10.1. The number of aldehydes is 1. The van der Waals surface area contributed by atoms with Gasteiger partial charge >= 0.3 is 5.97 Å². The quantitative estimate of drug-likeness (QED) is 0.606. The molecule has 0 saturated carbocycles. The number of carbonyl (C=O) groups excluding carboxylic acids is 2. The van der Waals surface area contributed by atoms with E-state index in [1.54, 1.807) is 13.2 Å². The summed E-state index contributed by atoms with van der Waals surface area (Å²) in [6, 6.07) is 11.9. The van der Waals surface area contributed by atoms with Gasteiger partial charge in [0.2, 0.25) is 0 Å². The van der Waals surface area contributed by atoms with Gasteiger partial charge in [0.15, 0.2) is 0 Å². The summed E-state index contributed by atoms with van der Waals surface area (Å²) >= 11 is 0. The monoisotopic (exact) mass is 300 g/mol. The molecule has 0 radical (unpaired) electrons. The van der Waals surface area contributed by atoms with E-state index in [9.17, 15) is 9.59 Å². The summed E-state index contributed by atoms with van der Waals surface area (Å²) in [5, 5.41) is 0. The van der Waals surface area contributed by atoms with E-state index in [0.29, 0.717) is 17.6 Å². The van der Waals surface area contributed by atoms with Gasteiger partial charge < -0.3 is 14.2 Å². The zero-order valence-electron chi connectivity index (χ0n) is 12.4. The van der Waals surface area contributed by atoms with E-state index in [4.69, 9.17) is 14.2 Å². The Labute approximate surface area is 128 Å². The van der Waals surface area contributed by atoms with Crippen LogP contribution in [0, 0.1) is 0 Å². The van der Waals surface area contributed by atoms with Crippen LogP contribution in [-0.4, -0.2) is 26.5 Å². The highest BCUT2D eigenvalue weighted by Crippen LogP contribution is 2.22. The number of benzene rings is 2. The maximum Gasteiger partial charge on any atom is 0.341 e. The Morgan fingerprint density at radius 3 is 2.41 bits per heavy atom. The van der Waals surface area contributed by atoms with Gasteiger partial charge in [-0.1, -0.05) is 18.2 Å². The van der Waals surface area contributed by atoms with Crippen LogP contribution < -0.4 is 9.47 Å². The summed E-state index contributed by atoms with van der Waals surface area (Å²) in [7, 11) is 2.89. The maximum atomic E-state index is 11.7. The third kappa shape index (κ3) is 3.63. The number of ether oxygens (including phenoxy) is 3. The van der Waals surface area contributed by atoms with E-state index in [-0.39, 0.29) is 12.2 Å². The van der Waals surface area contributed by atoms with E-state index in [1.165, 1.54) is 19.2 Å². The molecular weight excluding hydrogens is 284 g/mol. The van der Waals surface area contributed by atoms with Crippen LogP contribution in [0.3, 0.4) is 0 Å². The third-order valence-electron chi connectivity index (χ3n) is 3.10. The van der Waals surface area contributed by atoms with Crippen molar-refractivity contribution in [3.8, 4) is 11.5 Å². The Morgan fingerprint density at radius 2 is 1.82 bits per heavy atom. The molecule has 114 valence electrons. The fourth-order valence-corrected chi connectivity index (χ4v) is 1.89. The number of hydrogen-bond acceptors (Lipinski definition) is 5. The number of esters is 1. The zero-order chi connectivity index (χ0) is 15.9. The Kier molecular flexibility index (Phi) is 5.14. The first kappa shape index (κ1) is 15.6. The SMILES string of the molecule is COC(=O)c1ccc(C=O)cc1OCc1ccc(OC)cc1. The number of rotatable bonds is 6. The molecule has 0 aromatic heterocycles. The summed E-state index contributed by atoms with van der Waals surface area (Å²) in [5.74, 6) is 0.552. The van der Waals surface area contributed by atoms with E-state index in [1.807, 2.05) is 24.3 Å². The predicted octanol–water partition coefficient (Wildman–Crippen LogP) is 2.87. The van der Waals surface area contributed by atoms with Crippen molar-refractivity contribution >= 4 is 12.3 Å². The van der Waals surface area contributed by atoms with Gasteiger partial charge in [-0.3, -0.25) is 4.79 Å². The van der Waals surface area contributed by atoms with Crippen LogP contribution in [0.5, 0.6) is 11.5 Å². The number of carbonyl (C=O) groups is 2. The average molecular weight is 300 g/mol. The van der Waals surface area contributed by atoms with Crippen LogP contribution in [0.1, 0.15) is 26.3 Å². The first-order valence-electron chi connectivity index (χ1n) is 6.61. The fourth-order valence-electron chi connectivity index (χ4n) is 1.89. The Bertz CT molecular complexity index is 661. The molecule has 0 aliphatic carbocycles. The van der Waals surface area contributed by atoms with Gasteiger partial charge in [0.1, 0.15) is 30.0 Å². The van der Waals surface area contributed by atoms with Gasteiger partial charge in [-0.05, 0) is 29.8 Å². The van der Waals surface area contributed by atoms with Gasteiger partial charge in [0.25, 0.3) is 0 Å². The van der Waals surface area contributed by atoms with Crippen molar-refractivity contribution in [1.82, 2.24) is 0 Å². The minimum absolute atomic E-state index is 0.260. The molecule has 0 saturated heterocycles. The van der Waals surface area contributed by atoms with Crippen molar-refractivity contribution in [1.29, 1.82) is 0 Å². The molecule has 2 aromatic carbocycles. The number of hydrogen-bond donors (Lipinski definition) is 0. The smallest absolute Gasteiger partial charge is 0.341 e. The van der Waals surface area contributed by atoms with Crippen molar-refractivity contribution in [3.05, 3.63) is 59.2 Å². The van der Waals surface area contributed by atoms with Crippen LogP contribution in [0.2, 0.25) is 0 Å². The number of methoxy groups -OCH3 is 2. The topological polar surface area (TPSA) is 61.8 Å². The second-order valence-corrected chi connectivity index (χ2v) is 4.50. The van der Waals surface area contributed by atoms with Crippen molar-refractivity contribution in [2.45, 2.75) is 6.61 Å². The normalized spacial score (nSPS) is 9.91. The van der Waals surface area contributed by atoms with Crippen molar-refractivity contribution in [2.24, 2.45) is 0 Å². The highest BCUT2D eigenvalue weighted by Gasteiger charge is 2.14. The first-order valence-corrected chi connectivity index (χ1v) is 6.61. The summed E-state index contributed by atoms with van der Waals surface area (Å²) in [6.45, 7) is 0.260. The molecule has 5 nitrogen and oxygen atoms in total. The molecule has 22 heavy (non-hydrogen) atoms. The Morgan fingerprint density at radius 1 is 1.09 bits per heavy atom. The highest BCUT2D eigenvalue weighted by molar-refractivity contribution is 5.93. The lowest BCUT2D eigenvalue weighted by Gasteiger charge is -2.11. The van der Waals surface area contributed by atoms with Crippen LogP contribution in [0.25, 0.3) is 0 Å². The van der Waals surface area contributed by atoms with Crippen LogP contribution >= 0.6 is 0 Å². The van der Waals surface area contributed by atoms with E-state index >= 15 is 0 Å². The fraction of sp³-hybridized carbons (Fsp3) is 0.176. The van der Waals surface area contributed by atoms with Crippen LogP contribution in [-0.2, 0) is 11.3 Å². The molecule has 5 heteroatoms. The largest absolute Gasteiger partial charge is 0.497 e. The summed E-state index contributed by atoms with van der Waals surface area (Å²) < 4.78 is 15.5.